The highest BCUT2D eigenvalue weighted by atomic mass is 32.2. The van der Waals surface area contributed by atoms with E-state index in [9.17, 15) is 13.2 Å². The second-order valence-electron chi connectivity index (χ2n) is 6.12. The van der Waals surface area contributed by atoms with Crippen LogP contribution < -0.4 is 0 Å². The van der Waals surface area contributed by atoms with Crippen LogP contribution in [0.25, 0.3) is 0 Å². The van der Waals surface area contributed by atoms with Crippen LogP contribution in [-0.4, -0.2) is 47.4 Å². The quantitative estimate of drug-likeness (QED) is 0.822. The van der Waals surface area contributed by atoms with Gasteiger partial charge in [0, 0.05) is 19.4 Å². The van der Waals surface area contributed by atoms with Gasteiger partial charge in [0.05, 0.1) is 17.5 Å². The molecule has 0 unspecified atom stereocenters. The molecular weight excluding hydrogens is 306 g/mol. The van der Waals surface area contributed by atoms with Crippen LogP contribution in [0.1, 0.15) is 50.4 Å². The maximum atomic E-state index is 12.5. The lowest BCUT2D eigenvalue weighted by Crippen LogP contribution is -2.32. The Morgan fingerprint density at radius 1 is 1.41 bits per heavy atom. The summed E-state index contributed by atoms with van der Waals surface area (Å²) in [5.41, 5.74) is 0. The molecule has 3 rings (SSSR count). The number of carbonyl (C=O) groups is 1. The fraction of sp³-hybridized carbons (Fsp3) is 0.786. The highest BCUT2D eigenvalue weighted by Gasteiger charge is 2.36. The van der Waals surface area contributed by atoms with Crippen molar-refractivity contribution in [3.63, 3.8) is 0 Å². The summed E-state index contributed by atoms with van der Waals surface area (Å²) in [5, 5.41) is 3.98. The van der Waals surface area contributed by atoms with Crippen LogP contribution in [0.4, 0.5) is 0 Å². The first-order valence-corrected chi connectivity index (χ1v) is 9.63. The van der Waals surface area contributed by atoms with E-state index in [1.165, 1.54) is 0 Å². The van der Waals surface area contributed by atoms with Gasteiger partial charge in [-0.2, -0.15) is 4.98 Å². The van der Waals surface area contributed by atoms with Gasteiger partial charge in [-0.1, -0.05) is 12.1 Å². The van der Waals surface area contributed by atoms with E-state index < -0.39 is 9.84 Å². The fourth-order valence-corrected chi connectivity index (χ4v) is 5.14. The smallest absolute Gasteiger partial charge is 0.226 e. The molecule has 0 aromatic carbocycles. The van der Waals surface area contributed by atoms with Crippen molar-refractivity contribution in [2.24, 2.45) is 5.92 Å². The lowest BCUT2D eigenvalue weighted by atomic mass is 10.0. The second kappa shape index (κ2) is 5.98. The number of likely N-dealkylation sites (tertiary alicyclic amines) is 1. The molecule has 2 saturated heterocycles. The fourth-order valence-electron chi connectivity index (χ4n) is 3.28. The van der Waals surface area contributed by atoms with E-state index in [1.807, 2.05) is 6.92 Å². The third kappa shape index (κ3) is 3.16. The number of aromatic nitrogens is 2. The summed E-state index contributed by atoms with van der Waals surface area (Å²) < 4.78 is 28.2. The first kappa shape index (κ1) is 15.5. The van der Waals surface area contributed by atoms with E-state index in [0.717, 1.165) is 12.8 Å². The molecule has 0 bridgehead atoms. The summed E-state index contributed by atoms with van der Waals surface area (Å²) in [6.45, 7) is 2.62. The molecule has 8 heteroatoms. The molecule has 1 amide bonds. The van der Waals surface area contributed by atoms with Gasteiger partial charge < -0.3 is 9.42 Å². The first-order valence-electron chi connectivity index (χ1n) is 7.81. The van der Waals surface area contributed by atoms with Crippen molar-refractivity contribution in [2.45, 2.75) is 45.1 Å². The van der Waals surface area contributed by atoms with Crippen LogP contribution in [0.5, 0.6) is 0 Å². The Labute approximate surface area is 130 Å². The largest absolute Gasteiger partial charge is 0.339 e. The SMILES string of the molecule is CCc1nc([C@@H]2CCCN2C(=O)C[C@H]2CCS(=O)(=O)C2)no1. The Morgan fingerprint density at radius 2 is 2.23 bits per heavy atom. The van der Waals surface area contributed by atoms with Gasteiger partial charge in [0.15, 0.2) is 15.7 Å². The molecule has 2 aliphatic rings. The molecule has 22 heavy (non-hydrogen) atoms. The van der Waals surface area contributed by atoms with Gasteiger partial charge >= 0.3 is 0 Å². The molecule has 7 nitrogen and oxygen atoms in total. The maximum Gasteiger partial charge on any atom is 0.226 e. The van der Waals surface area contributed by atoms with Crippen LogP contribution in [0.3, 0.4) is 0 Å². The van der Waals surface area contributed by atoms with E-state index in [1.54, 1.807) is 4.90 Å². The van der Waals surface area contributed by atoms with Gasteiger partial charge in [0.1, 0.15) is 0 Å². The molecule has 0 saturated carbocycles. The summed E-state index contributed by atoms with van der Waals surface area (Å²) in [5.74, 6) is 1.46. The standard InChI is InChI=1S/C14H21N3O4S/c1-2-12-15-14(16-21-12)11-4-3-6-17(11)13(18)8-10-5-7-22(19,20)9-10/h10-11H,2-9H2,1H3/t10-,11+/m1/s1. The Morgan fingerprint density at radius 3 is 2.86 bits per heavy atom. The number of sulfone groups is 1. The molecule has 0 spiro atoms. The van der Waals surface area contributed by atoms with Gasteiger partial charge in [-0.15, -0.1) is 0 Å². The molecule has 1 aromatic rings. The van der Waals surface area contributed by atoms with Gasteiger partial charge in [-0.3, -0.25) is 4.79 Å². The first-order chi connectivity index (χ1) is 10.5. The van der Waals surface area contributed by atoms with Gasteiger partial charge in [-0.25, -0.2) is 8.42 Å². The highest BCUT2D eigenvalue weighted by molar-refractivity contribution is 7.91. The van der Waals surface area contributed by atoms with Crippen molar-refractivity contribution in [2.75, 3.05) is 18.1 Å². The number of hydrogen-bond donors (Lipinski definition) is 0. The molecule has 1 aromatic heterocycles. The zero-order chi connectivity index (χ0) is 15.7. The Bertz CT molecular complexity index is 655. The van der Waals surface area contributed by atoms with E-state index in [4.69, 9.17) is 4.52 Å². The molecule has 2 atom stereocenters. The summed E-state index contributed by atoms with van der Waals surface area (Å²) in [4.78, 5) is 18.6. The highest BCUT2D eigenvalue weighted by Crippen LogP contribution is 2.32. The molecule has 3 heterocycles. The number of carbonyl (C=O) groups excluding carboxylic acids is 1. The van der Waals surface area contributed by atoms with Crippen LogP contribution in [-0.2, 0) is 21.1 Å². The predicted molar refractivity (Wildman–Crippen MR) is 78.7 cm³/mol. The lowest BCUT2D eigenvalue weighted by Gasteiger charge is -2.23. The van der Waals surface area contributed by atoms with Crippen molar-refractivity contribution in [3.05, 3.63) is 11.7 Å². The number of aryl methyl sites for hydroxylation is 1. The summed E-state index contributed by atoms with van der Waals surface area (Å²) >= 11 is 0. The molecule has 0 N–H and O–H groups in total. The number of hydrogen-bond acceptors (Lipinski definition) is 6. The number of rotatable bonds is 4. The van der Waals surface area contributed by atoms with Crippen LogP contribution in [0.15, 0.2) is 4.52 Å². The van der Waals surface area contributed by atoms with Crippen LogP contribution >= 0.6 is 0 Å². The average molecular weight is 327 g/mol. The topological polar surface area (TPSA) is 93.4 Å². The zero-order valence-corrected chi connectivity index (χ0v) is 13.5. The summed E-state index contributed by atoms with van der Waals surface area (Å²) in [6, 6.07) is -0.130. The molecule has 0 radical (unpaired) electrons. The summed E-state index contributed by atoms with van der Waals surface area (Å²) in [7, 11) is -2.94. The average Bonchev–Trinajstić information content (AvgIpc) is 3.17. The zero-order valence-electron chi connectivity index (χ0n) is 12.7. The lowest BCUT2D eigenvalue weighted by molar-refractivity contribution is -0.133. The van der Waals surface area contributed by atoms with Crippen molar-refractivity contribution < 1.29 is 17.7 Å². The number of amides is 1. The van der Waals surface area contributed by atoms with E-state index >= 15 is 0 Å². The van der Waals surface area contributed by atoms with Crippen molar-refractivity contribution in [1.82, 2.24) is 15.0 Å². The molecule has 2 fully saturated rings. The van der Waals surface area contributed by atoms with Crippen LogP contribution in [0.2, 0.25) is 0 Å². The van der Waals surface area contributed by atoms with Crippen molar-refractivity contribution in [1.29, 1.82) is 0 Å². The minimum Gasteiger partial charge on any atom is -0.339 e. The molecule has 2 aliphatic heterocycles. The van der Waals surface area contributed by atoms with Crippen LogP contribution in [0, 0.1) is 5.92 Å². The van der Waals surface area contributed by atoms with Gasteiger partial charge in [0.2, 0.25) is 11.8 Å². The normalized spacial score (nSPS) is 27.4. The number of nitrogens with zero attached hydrogens (tertiary/aromatic N) is 3. The Hall–Kier alpha value is -1.44. The molecule has 122 valence electrons. The predicted octanol–water partition coefficient (Wildman–Crippen LogP) is 1.12. The third-order valence-electron chi connectivity index (χ3n) is 4.45. The third-order valence-corrected chi connectivity index (χ3v) is 6.28. The summed E-state index contributed by atoms with van der Waals surface area (Å²) in [6.07, 6.45) is 3.31. The van der Waals surface area contributed by atoms with Gasteiger partial charge in [-0.05, 0) is 25.2 Å². The minimum atomic E-state index is -2.94. The van der Waals surface area contributed by atoms with Crippen molar-refractivity contribution >= 4 is 15.7 Å². The molecular formula is C14H21N3O4S. The monoisotopic (exact) mass is 327 g/mol. The van der Waals surface area contributed by atoms with Gasteiger partial charge in [0.25, 0.3) is 0 Å². The minimum absolute atomic E-state index is 0.00690. The van der Waals surface area contributed by atoms with E-state index in [0.29, 0.717) is 37.5 Å². The molecule has 0 aliphatic carbocycles. The maximum absolute atomic E-state index is 12.5. The van der Waals surface area contributed by atoms with E-state index in [-0.39, 0.29) is 29.4 Å². The Kier molecular flexibility index (Phi) is 4.20. The second-order valence-corrected chi connectivity index (χ2v) is 8.35. The van der Waals surface area contributed by atoms with Crippen molar-refractivity contribution in [3.8, 4) is 0 Å². The Balaban J connectivity index is 1.66. The van der Waals surface area contributed by atoms with E-state index in [2.05, 4.69) is 10.1 Å².